The van der Waals surface area contributed by atoms with Crippen LogP contribution in [0.25, 0.3) is 11.3 Å². The highest BCUT2D eigenvalue weighted by molar-refractivity contribution is 7.92. The zero-order chi connectivity index (χ0) is 21.1. The third-order valence-corrected chi connectivity index (χ3v) is 6.45. The Balaban J connectivity index is 1.49. The van der Waals surface area contributed by atoms with Crippen LogP contribution < -0.4 is 9.62 Å². The molecule has 0 spiro atoms. The maximum Gasteiger partial charge on any atom is 0.255 e. The first-order chi connectivity index (χ1) is 14.4. The Hall–Kier alpha value is -3.23. The summed E-state index contributed by atoms with van der Waals surface area (Å²) in [7, 11) is -3.39. The van der Waals surface area contributed by atoms with E-state index in [2.05, 4.69) is 10.3 Å². The molecule has 1 fully saturated rings. The summed E-state index contributed by atoms with van der Waals surface area (Å²) in [5, 5.41) is 2.87. The van der Waals surface area contributed by atoms with Gasteiger partial charge in [0.2, 0.25) is 10.0 Å². The molecule has 1 saturated heterocycles. The fourth-order valence-corrected chi connectivity index (χ4v) is 4.34. The van der Waals surface area contributed by atoms with Gasteiger partial charge in [-0.1, -0.05) is 18.2 Å². The number of sulfonamides is 1. The van der Waals surface area contributed by atoms with Crippen LogP contribution in [0, 0.1) is 6.92 Å². The Morgan fingerprint density at radius 2 is 1.90 bits per heavy atom. The average Bonchev–Trinajstić information content (AvgIpc) is 2.74. The minimum atomic E-state index is -3.39. The van der Waals surface area contributed by atoms with Crippen LogP contribution in [-0.4, -0.2) is 38.4 Å². The third kappa shape index (κ3) is 4.34. The molecule has 1 aliphatic rings. The number of ether oxygens (including phenoxy) is 1. The number of aromatic nitrogens is 1. The highest BCUT2D eigenvalue weighted by atomic mass is 32.2. The van der Waals surface area contributed by atoms with Crippen LogP contribution in [0.5, 0.6) is 0 Å². The minimum absolute atomic E-state index is 0.0201. The van der Waals surface area contributed by atoms with Crippen LogP contribution >= 0.6 is 0 Å². The van der Waals surface area contributed by atoms with Gasteiger partial charge in [0.25, 0.3) is 5.91 Å². The zero-order valence-electron chi connectivity index (χ0n) is 16.4. The van der Waals surface area contributed by atoms with Crippen molar-refractivity contribution in [3.8, 4) is 11.3 Å². The molecule has 4 rings (SSSR count). The van der Waals surface area contributed by atoms with Gasteiger partial charge in [0, 0.05) is 23.0 Å². The van der Waals surface area contributed by atoms with E-state index in [0.717, 1.165) is 16.8 Å². The Labute approximate surface area is 175 Å². The highest BCUT2D eigenvalue weighted by Gasteiger charge is 2.26. The Morgan fingerprint density at radius 1 is 1.10 bits per heavy atom. The summed E-state index contributed by atoms with van der Waals surface area (Å²) in [4.78, 5) is 17.1. The van der Waals surface area contributed by atoms with Gasteiger partial charge < -0.3 is 10.1 Å². The van der Waals surface area contributed by atoms with Crippen molar-refractivity contribution in [2.75, 3.05) is 28.7 Å². The molecule has 1 N–H and O–H groups in total. The van der Waals surface area contributed by atoms with Gasteiger partial charge >= 0.3 is 0 Å². The van der Waals surface area contributed by atoms with E-state index >= 15 is 0 Å². The highest BCUT2D eigenvalue weighted by Crippen LogP contribution is 2.23. The number of amides is 1. The molecule has 1 amide bonds. The maximum atomic E-state index is 12.6. The van der Waals surface area contributed by atoms with Crippen LogP contribution in [0.2, 0.25) is 0 Å². The number of aryl methyl sites for hydroxylation is 1. The van der Waals surface area contributed by atoms with Gasteiger partial charge in [0.1, 0.15) is 6.73 Å². The van der Waals surface area contributed by atoms with E-state index < -0.39 is 10.0 Å². The average molecular weight is 423 g/mol. The van der Waals surface area contributed by atoms with E-state index in [4.69, 9.17) is 4.74 Å². The van der Waals surface area contributed by atoms with Crippen molar-refractivity contribution in [2.45, 2.75) is 6.92 Å². The molecule has 2 heterocycles. The molecule has 8 heteroatoms. The normalized spacial score (nSPS) is 15.6. The standard InChI is InChI=1S/C22H21N3O4S/c1-16-5-10-21(23-14-16)18-3-2-4-19(13-18)24-22(26)17-6-8-20(9-7-17)25-15-29-11-12-30(25,27)28/h2-10,13-14H,11-12,15H2,1H3,(H,24,26). The molecule has 154 valence electrons. The molecular weight excluding hydrogens is 402 g/mol. The fraction of sp³-hybridized carbons (Fsp3) is 0.182. The van der Waals surface area contributed by atoms with E-state index in [1.807, 2.05) is 43.3 Å². The molecule has 0 saturated carbocycles. The van der Waals surface area contributed by atoms with Crippen molar-refractivity contribution in [3.63, 3.8) is 0 Å². The van der Waals surface area contributed by atoms with Crippen LogP contribution in [0.4, 0.5) is 11.4 Å². The van der Waals surface area contributed by atoms with Gasteiger partial charge in [-0.05, 0) is 55.0 Å². The summed E-state index contributed by atoms with van der Waals surface area (Å²) in [6, 6.07) is 17.8. The van der Waals surface area contributed by atoms with Gasteiger partial charge in [0.15, 0.2) is 0 Å². The lowest BCUT2D eigenvalue weighted by Gasteiger charge is -2.28. The van der Waals surface area contributed by atoms with E-state index in [1.165, 1.54) is 4.31 Å². The molecular formula is C22H21N3O4S. The summed E-state index contributed by atoms with van der Waals surface area (Å²) in [5.74, 6) is -0.338. The maximum absolute atomic E-state index is 12.6. The van der Waals surface area contributed by atoms with Gasteiger partial charge in [0.05, 0.1) is 23.7 Å². The number of carbonyl (C=O) groups is 1. The van der Waals surface area contributed by atoms with Gasteiger partial charge in [-0.25, -0.2) is 12.7 Å². The SMILES string of the molecule is Cc1ccc(-c2cccc(NC(=O)c3ccc(N4COCCS4(=O)=O)cc3)c2)nc1. The van der Waals surface area contributed by atoms with Crippen LogP contribution in [0.1, 0.15) is 15.9 Å². The second-order valence-corrected chi connectivity index (χ2v) is 9.02. The first-order valence-electron chi connectivity index (χ1n) is 9.45. The lowest BCUT2D eigenvalue weighted by Crippen LogP contribution is -2.41. The molecule has 0 bridgehead atoms. The van der Waals surface area contributed by atoms with Crippen LogP contribution in [0.3, 0.4) is 0 Å². The monoisotopic (exact) mass is 423 g/mol. The van der Waals surface area contributed by atoms with Crippen molar-refractivity contribution < 1.29 is 17.9 Å². The summed E-state index contributed by atoms with van der Waals surface area (Å²) < 4.78 is 30.8. The van der Waals surface area contributed by atoms with Crippen molar-refractivity contribution in [1.82, 2.24) is 4.98 Å². The van der Waals surface area contributed by atoms with E-state index in [9.17, 15) is 13.2 Å². The number of nitrogens with one attached hydrogen (secondary N) is 1. The lowest BCUT2D eigenvalue weighted by atomic mass is 10.1. The predicted molar refractivity (Wildman–Crippen MR) is 116 cm³/mol. The van der Waals surface area contributed by atoms with E-state index in [1.54, 1.807) is 30.5 Å². The molecule has 0 atom stereocenters. The smallest absolute Gasteiger partial charge is 0.255 e. The Bertz CT molecular complexity index is 1160. The van der Waals surface area contributed by atoms with Crippen LogP contribution in [-0.2, 0) is 14.8 Å². The predicted octanol–water partition coefficient (Wildman–Crippen LogP) is 3.43. The summed E-state index contributed by atoms with van der Waals surface area (Å²) in [5.41, 5.74) is 4.35. The quantitative estimate of drug-likeness (QED) is 0.695. The first-order valence-corrected chi connectivity index (χ1v) is 11.1. The molecule has 1 aromatic heterocycles. The second kappa shape index (κ2) is 8.25. The second-order valence-electron chi connectivity index (χ2n) is 7.00. The number of nitrogens with zero attached hydrogens (tertiary/aromatic N) is 2. The number of carbonyl (C=O) groups excluding carboxylic acids is 1. The number of hydrogen-bond donors (Lipinski definition) is 1. The Morgan fingerprint density at radius 3 is 2.60 bits per heavy atom. The van der Waals surface area contributed by atoms with Gasteiger partial charge in [-0.15, -0.1) is 0 Å². The molecule has 0 radical (unpaired) electrons. The van der Waals surface area contributed by atoms with Gasteiger partial charge in [-0.3, -0.25) is 9.78 Å². The topological polar surface area (TPSA) is 88.6 Å². The molecule has 0 unspecified atom stereocenters. The number of pyridine rings is 1. The summed E-state index contributed by atoms with van der Waals surface area (Å²) in [6.07, 6.45) is 1.80. The molecule has 30 heavy (non-hydrogen) atoms. The van der Waals surface area contributed by atoms with Crippen LogP contribution in [0.15, 0.2) is 66.9 Å². The number of anilines is 2. The number of benzene rings is 2. The minimum Gasteiger partial charge on any atom is -0.359 e. The molecule has 2 aromatic carbocycles. The summed E-state index contributed by atoms with van der Waals surface area (Å²) in [6.45, 7) is 2.15. The molecule has 0 aliphatic carbocycles. The number of hydrogen-bond acceptors (Lipinski definition) is 5. The first kappa shape index (κ1) is 20.1. The number of rotatable bonds is 4. The lowest BCUT2D eigenvalue weighted by molar-refractivity contribution is 0.102. The molecule has 1 aliphatic heterocycles. The third-order valence-electron chi connectivity index (χ3n) is 4.77. The van der Waals surface area contributed by atoms with E-state index in [-0.39, 0.29) is 25.0 Å². The van der Waals surface area contributed by atoms with Crippen molar-refractivity contribution in [1.29, 1.82) is 0 Å². The Kier molecular flexibility index (Phi) is 5.52. The zero-order valence-corrected chi connectivity index (χ0v) is 17.2. The van der Waals surface area contributed by atoms with Gasteiger partial charge in [-0.2, -0.15) is 0 Å². The fourth-order valence-electron chi connectivity index (χ4n) is 3.11. The molecule has 3 aromatic rings. The van der Waals surface area contributed by atoms with Crippen molar-refractivity contribution in [3.05, 3.63) is 78.0 Å². The largest absolute Gasteiger partial charge is 0.359 e. The summed E-state index contributed by atoms with van der Waals surface area (Å²) >= 11 is 0. The van der Waals surface area contributed by atoms with Crippen molar-refractivity contribution >= 4 is 27.3 Å². The molecule has 7 nitrogen and oxygen atoms in total. The van der Waals surface area contributed by atoms with E-state index in [0.29, 0.717) is 16.9 Å². The van der Waals surface area contributed by atoms with Crippen molar-refractivity contribution in [2.24, 2.45) is 0 Å².